The summed E-state index contributed by atoms with van der Waals surface area (Å²) in [7, 11) is 0. The Balaban J connectivity index is 2.36. The molecule has 0 spiro atoms. The molecule has 0 saturated carbocycles. The fourth-order valence-electron chi connectivity index (χ4n) is 2.93. The topological polar surface area (TPSA) is 67.1 Å². The molecular formula is C16H29N5. The molecule has 2 heterocycles. The molecule has 0 amide bonds. The summed E-state index contributed by atoms with van der Waals surface area (Å²) in [6.07, 6.45) is 6.25. The third kappa shape index (κ3) is 3.84. The Bertz CT molecular complexity index is 464. The molecule has 0 bridgehead atoms. The van der Waals surface area contributed by atoms with Crippen molar-refractivity contribution in [1.29, 1.82) is 0 Å². The molecule has 0 radical (unpaired) electrons. The first kappa shape index (κ1) is 16.0. The lowest BCUT2D eigenvalue weighted by Crippen LogP contribution is -2.40. The van der Waals surface area contributed by atoms with Crippen molar-refractivity contribution < 1.29 is 0 Å². The largest absolute Gasteiger partial charge is 0.353 e. The standard InChI is InChI=1S/C16H29N5/c1-5-8-12-9-6-7-10-21(12)14-11-13(20-17)18-15(19-14)16(2,3)4/h11-12H,5-10,17H2,1-4H3,(H,18,19,20). The molecule has 0 aliphatic carbocycles. The lowest BCUT2D eigenvalue weighted by molar-refractivity contribution is 0.429. The Kier molecular flexibility index (Phi) is 5.04. The van der Waals surface area contributed by atoms with Crippen molar-refractivity contribution >= 4 is 11.6 Å². The van der Waals surface area contributed by atoms with Gasteiger partial charge in [-0.05, 0) is 25.7 Å². The zero-order valence-electron chi connectivity index (χ0n) is 13.8. The summed E-state index contributed by atoms with van der Waals surface area (Å²) in [5.41, 5.74) is 2.60. The Morgan fingerprint density at radius 3 is 2.71 bits per heavy atom. The highest BCUT2D eigenvalue weighted by Gasteiger charge is 2.26. The zero-order valence-corrected chi connectivity index (χ0v) is 13.8. The van der Waals surface area contributed by atoms with Crippen LogP contribution < -0.4 is 16.2 Å². The molecular weight excluding hydrogens is 262 g/mol. The van der Waals surface area contributed by atoms with Crippen LogP contribution in [0.5, 0.6) is 0 Å². The molecule has 1 atom stereocenters. The molecule has 5 heteroatoms. The van der Waals surface area contributed by atoms with Crippen LogP contribution in [0, 0.1) is 0 Å². The fourth-order valence-corrected chi connectivity index (χ4v) is 2.93. The summed E-state index contributed by atoms with van der Waals surface area (Å²) >= 11 is 0. The number of anilines is 2. The van der Waals surface area contributed by atoms with Crippen LogP contribution in [0.1, 0.15) is 65.6 Å². The number of nitrogen functional groups attached to an aromatic ring is 1. The molecule has 1 fully saturated rings. The van der Waals surface area contributed by atoms with Crippen LogP contribution in [-0.4, -0.2) is 22.6 Å². The van der Waals surface area contributed by atoms with Crippen LogP contribution in [0.4, 0.5) is 11.6 Å². The fraction of sp³-hybridized carbons (Fsp3) is 0.750. The van der Waals surface area contributed by atoms with E-state index >= 15 is 0 Å². The summed E-state index contributed by atoms with van der Waals surface area (Å²) < 4.78 is 0. The number of hydrogen-bond donors (Lipinski definition) is 2. The van der Waals surface area contributed by atoms with Gasteiger partial charge in [-0.1, -0.05) is 34.1 Å². The van der Waals surface area contributed by atoms with Gasteiger partial charge in [0, 0.05) is 24.1 Å². The molecule has 0 aromatic carbocycles. The first-order chi connectivity index (χ1) is 9.95. The normalized spacial score (nSPS) is 19.7. The summed E-state index contributed by atoms with van der Waals surface area (Å²) in [4.78, 5) is 11.8. The van der Waals surface area contributed by atoms with Gasteiger partial charge in [-0.25, -0.2) is 15.8 Å². The van der Waals surface area contributed by atoms with Crippen LogP contribution in [-0.2, 0) is 5.41 Å². The van der Waals surface area contributed by atoms with Gasteiger partial charge in [-0.15, -0.1) is 0 Å². The lowest BCUT2D eigenvalue weighted by atomic mass is 9.95. The monoisotopic (exact) mass is 291 g/mol. The van der Waals surface area contributed by atoms with E-state index in [1.165, 1.54) is 32.1 Å². The van der Waals surface area contributed by atoms with Crippen LogP contribution in [0.25, 0.3) is 0 Å². The number of hydrogen-bond acceptors (Lipinski definition) is 5. The van der Waals surface area contributed by atoms with E-state index in [0.717, 1.165) is 18.2 Å². The third-order valence-corrected chi connectivity index (χ3v) is 4.07. The van der Waals surface area contributed by atoms with Gasteiger partial charge in [-0.3, -0.25) is 0 Å². The van der Waals surface area contributed by atoms with E-state index in [0.29, 0.717) is 11.9 Å². The van der Waals surface area contributed by atoms with Gasteiger partial charge in [0.15, 0.2) is 0 Å². The molecule has 1 aliphatic rings. The highest BCUT2D eigenvalue weighted by molar-refractivity contribution is 5.50. The number of rotatable bonds is 4. The molecule has 3 N–H and O–H groups in total. The number of piperidine rings is 1. The lowest BCUT2D eigenvalue weighted by Gasteiger charge is -2.37. The van der Waals surface area contributed by atoms with E-state index in [4.69, 9.17) is 10.8 Å². The van der Waals surface area contributed by atoms with Crippen molar-refractivity contribution in [2.24, 2.45) is 5.84 Å². The SMILES string of the molecule is CCCC1CCCCN1c1cc(NN)nc(C(C)(C)C)n1. The minimum atomic E-state index is -0.0857. The van der Waals surface area contributed by atoms with Gasteiger partial charge >= 0.3 is 0 Å². The number of nitrogens with two attached hydrogens (primary N) is 1. The minimum Gasteiger partial charge on any atom is -0.353 e. The first-order valence-corrected chi connectivity index (χ1v) is 8.08. The maximum absolute atomic E-state index is 5.59. The predicted octanol–water partition coefficient (Wildman–Crippen LogP) is 3.22. The molecule has 1 saturated heterocycles. The molecule has 1 unspecified atom stereocenters. The van der Waals surface area contributed by atoms with Crippen LogP contribution in [0.15, 0.2) is 6.07 Å². The van der Waals surface area contributed by atoms with E-state index in [-0.39, 0.29) is 5.41 Å². The molecule has 5 nitrogen and oxygen atoms in total. The van der Waals surface area contributed by atoms with E-state index in [1.807, 2.05) is 6.07 Å². The average Bonchev–Trinajstić information content (AvgIpc) is 2.47. The molecule has 1 aliphatic heterocycles. The van der Waals surface area contributed by atoms with E-state index < -0.39 is 0 Å². The van der Waals surface area contributed by atoms with Gasteiger partial charge in [0.1, 0.15) is 17.5 Å². The highest BCUT2D eigenvalue weighted by atomic mass is 15.3. The van der Waals surface area contributed by atoms with Crippen molar-refractivity contribution in [2.45, 2.75) is 71.3 Å². The molecule has 21 heavy (non-hydrogen) atoms. The summed E-state index contributed by atoms with van der Waals surface area (Å²) in [5.74, 6) is 8.15. The maximum Gasteiger partial charge on any atom is 0.145 e. The van der Waals surface area contributed by atoms with Gasteiger partial charge in [0.25, 0.3) is 0 Å². The van der Waals surface area contributed by atoms with Crippen molar-refractivity contribution in [3.05, 3.63) is 11.9 Å². The maximum atomic E-state index is 5.59. The zero-order chi connectivity index (χ0) is 15.5. The van der Waals surface area contributed by atoms with Gasteiger partial charge in [0.2, 0.25) is 0 Å². The van der Waals surface area contributed by atoms with E-state index in [9.17, 15) is 0 Å². The second-order valence-corrected chi connectivity index (χ2v) is 6.96. The van der Waals surface area contributed by atoms with Gasteiger partial charge in [0.05, 0.1) is 0 Å². The molecule has 1 aromatic heterocycles. The molecule has 2 rings (SSSR count). The van der Waals surface area contributed by atoms with Crippen LogP contribution in [0.2, 0.25) is 0 Å². The quantitative estimate of drug-likeness (QED) is 0.658. The number of aromatic nitrogens is 2. The Morgan fingerprint density at radius 2 is 2.10 bits per heavy atom. The van der Waals surface area contributed by atoms with E-state index in [1.54, 1.807) is 0 Å². The number of hydrazine groups is 1. The average molecular weight is 291 g/mol. The molecule has 1 aromatic rings. The molecule has 118 valence electrons. The van der Waals surface area contributed by atoms with Crippen LogP contribution in [0.3, 0.4) is 0 Å². The van der Waals surface area contributed by atoms with Crippen molar-refractivity contribution in [3.63, 3.8) is 0 Å². The van der Waals surface area contributed by atoms with Gasteiger partial charge < -0.3 is 10.3 Å². The highest BCUT2D eigenvalue weighted by Crippen LogP contribution is 2.29. The third-order valence-electron chi connectivity index (χ3n) is 4.07. The van der Waals surface area contributed by atoms with Gasteiger partial charge in [-0.2, -0.15) is 0 Å². The summed E-state index contributed by atoms with van der Waals surface area (Å²) in [6.45, 7) is 9.72. The second kappa shape index (κ2) is 6.60. The van der Waals surface area contributed by atoms with Crippen molar-refractivity contribution in [1.82, 2.24) is 9.97 Å². The summed E-state index contributed by atoms with van der Waals surface area (Å²) in [5, 5.41) is 0. The Hall–Kier alpha value is -1.36. The van der Waals surface area contributed by atoms with Crippen LogP contribution >= 0.6 is 0 Å². The second-order valence-electron chi connectivity index (χ2n) is 6.96. The van der Waals surface area contributed by atoms with Crippen molar-refractivity contribution in [2.75, 3.05) is 16.9 Å². The first-order valence-electron chi connectivity index (χ1n) is 8.08. The van der Waals surface area contributed by atoms with E-state index in [2.05, 4.69) is 43.0 Å². The smallest absolute Gasteiger partial charge is 0.145 e. The predicted molar refractivity (Wildman–Crippen MR) is 88.4 cm³/mol. The summed E-state index contributed by atoms with van der Waals surface area (Å²) in [6, 6.07) is 2.57. The Morgan fingerprint density at radius 1 is 1.33 bits per heavy atom. The van der Waals surface area contributed by atoms with Crippen molar-refractivity contribution in [3.8, 4) is 0 Å². The number of nitrogens with zero attached hydrogens (tertiary/aromatic N) is 3. The minimum absolute atomic E-state index is 0.0857. The Labute approximate surface area is 128 Å². The number of nitrogens with one attached hydrogen (secondary N) is 1.